The van der Waals surface area contributed by atoms with Gasteiger partial charge in [0.2, 0.25) is 0 Å². The molecule has 0 atom stereocenters. The molecule has 6 nitrogen and oxygen atoms in total. The second-order valence-corrected chi connectivity index (χ2v) is 5.19. The molecule has 0 unspecified atom stereocenters. The number of hydrogen-bond acceptors (Lipinski definition) is 4. The van der Waals surface area contributed by atoms with Gasteiger partial charge in [-0.1, -0.05) is 6.92 Å². The number of aromatic nitrogens is 3. The van der Waals surface area contributed by atoms with E-state index in [9.17, 15) is 9.90 Å². The molecule has 0 saturated carbocycles. The number of pyridine rings is 1. The predicted molar refractivity (Wildman–Crippen MR) is 74.0 cm³/mol. The Hall–Kier alpha value is -1.95. The first-order valence-electron chi connectivity index (χ1n) is 7.00. The van der Waals surface area contributed by atoms with E-state index < -0.39 is 5.97 Å². The van der Waals surface area contributed by atoms with Crippen molar-refractivity contribution in [3.63, 3.8) is 0 Å². The van der Waals surface area contributed by atoms with Gasteiger partial charge in [0.25, 0.3) is 0 Å². The van der Waals surface area contributed by atoms with Crippen LogP contribution in [0, 0.1) is 0 Å². The van der Waals surface area contributed by atoms with Crippen LogP contribution in [0.15, 0.2) is 18.3 Å². The number of carboxylic acid groups (broad SMARTS) is 1. The molecule has 106 valence electrons. The van der Waals surface area contributed by atoms with Crippen molar-refractivity contribution in [2.75, 3.05) is 19.6 Å². The quantitative estimate of drug-likeness (QED) is 0.921. The van der Waals surface area contributed by atoms with Crippen molar-refractivity contribution < 1.29 is 9.90 Å². The number of rotatable bonds is 3. The molecule has 20 heavy (non-hydrogen) atoms. The van der Waals surface area contributed by atoms with Gasteiger partial charge in [0.15, 0.2) is 5.65 Å². The maximum atomic E-state index is 11.2. The molecule has 1 saturated heterocycles. The van der Waals surface area contributed by atoms with Crippen molar-refractivity contribution in [2.24, 2.45) is 0 Å². The minimum Gasteiger partial charge on any atom is -0.478 e. The molecular weight excluding hydrogens is 256 g/mol. The highest BCUT2D eigenvalue weighted by Gasteiger charge is 2.24. The molecule has 1 fully saturated rings. The van der Waals surface area contributed by atoms with Crippen LogP contribution in [0.4, 0.5) is 0 Å². The fourth-order valence-corrected chi connectivity index (χ4v) is 2.89. The molecule has 0 spiro atoms. The Morgan fingerprint density at radius 1 is 1.40 bits per heavy atom. The molecule has 0 bridgehead atoms. The third-order valence-corrected chi connectivity index (χ3v) is 4.09. The van der Waals surface area contributed by atoms with Crippen LogP contribution in [0.2, 0.25) is 0 Å². The molecule has 6 heteroatoms. The topological polar surface area (TPSA) is 70.7 Å². The SMILES string of the molecule is CCN1CCC(c2nnc3c(C(=O)O)cccn23)CC1. The summed E-state index contributed by atoms with van der Waals surface area (Å²) in [6.07, 6.45) is 3.95. The largest absolute Gasteiger partial charge is 0.478 e. The van der Waals surface area contributed by atoms with Gasteiger partial charge in [-0.05, 0) is 44.6 Å². The molecule has 0 aromatic carbocycles. The number of aromatic carboxylic acids is 1. The van der Waals surface area contributed by atoms with E-state index in [2.05, 4.69) is 22.0 Å². The molecule has 0 amide bonds. The zero-order valence-corrected chi connectivity index (χ0v) is 11.5. The van der Waals surface area contributed by atoms with Crippen LogP contribution < -0.4 is 0 Å². The van der Waals surface area contributed by atoms with Gasteiger partial charge in [-0.15, -0.1) is 10.2 Å². The normalized spacial score (nSPS) is 17.6. The van der Waals surface area contributed by atoms with E-state index in [0.29, 0.717) is 11.6 Å². The van der Waals surface area contributed by atoms with Crippen molar-refractivity contribution in [1.29, 1.82) is 0 Å². The summed E-state index contributed by atoms with van der Waals surface area (Å²) in [6.45, 7) is 5.38. The van der Waals surface area contributed by atoms with Crippen LogP contribution in [-0.4, -0.2) is 50.2 Å². The molecule has 2 aromatic rings. The van der Waals surface area contributed by atoms with Crippen LogP contribution in [0.1, 0.15) is 41.9 Å². The van der Waals surface area contributed by atoms with Crippen molar-refractivity contribution in [1.82, 2.24) is 19.5 Å². The van der Waals surface area contributed by atoms with Crippen molar-refractivity contribution in [3.05, 3.63) is 29.7 Å². The summed E-state index contributed by atoms with van der Waals surface area (Å²) in [4.78, 5) is 13.6. The summed E-state index contributed by atoms with van der Waals surface area (Å²) >= 11 is 0. The predicted octanol–water partition coefficient (Wildman–Crippen LogP) is 1.63. The summed E-state index contributed by atoms with van der Waals surface area (Å²) in [7, 11) is 0. The lowest BCUT2D eigenvalue weighted by atomic mass is 9.96. The molecule has 0 aliphatic carbocycles. The van der Waals surface area contributed by atoms with Crippen LogP contribution in [0.25, 0.3) is 5.65 Å². The average molecular weight is 274 g/mol. The number of carbonyl (C=O) groups is 1. The van der Waals surface area contributed by atoms with Gasteiger partial charge in [0.05, 0.1) is 0 Å². The number of likely N-dealkylation sites (tertiary alicyclic amines) is 1. The molecular formula is C14H18N4O2. The van der Waals surface area contributed by atoms with E-state index in [1.54, 1.807) is 12.1 Å². The van der Waals surface area contributed by atoms with Gasteiger partial charge in [-0.25, -0.2) is 4.79 Å². The molecule has 2 aromatic heterocycles. The highest BCUT2D eigenvalue weighted by atomic mass is 16.4. The molecule has 1 N–H and O–H groups in total. The standard InChI is InChI=1S/C14H18N4O2/c1-2-17-8-5-10(6-9-17)12-15-16-13-11(14(19)20)4-3-7-18(12)13/h3-4,7,10H,2,5-6,8-9H2,1H3,(H,19,20). The van der Waals surface area contributed by atoms with E-state index in [-0.39, 0.29) is 5.56 Å². The second-order valence-electron chi connectivity index (χ2n) is 5.19. The first-order valence-corrected chi connectivity index (χ1v) is 7.00. The van der Waals surface area contributed by atoms with E-state index in [1.165, 1.54) is 0 Å². The van der Waals surface area contributed by atoms with Gasteiger partial charge < -0.3 is 10.0 Å². The summed E-state index contributed by atoms with van der Waals surface area (Å²) in [5, 5.41) is 17.5. The summed E-state index contributed by atoms with van der Waals surface area (Å²) in [5.41, 5.74) is 0.644. The van der Waals surface area contributed by atoms with E-state index in [4.69, 9.17) is 0 Å². The van der Waals surface area contributed by atoms with Crippen molar-refractivity contribution in [3.8, 4) is 0 Å². The zero-order valence-electron chi connectivity index (χ0n) is 11.5. The number of hydrogen-bond donors (Lipinski definition) is 1. The number of nitrogens with zero attached hydrogens (tertiary/aromatic N) is 4. The van der Waals surface area contributed by atoms with E-state index in [0.717, 1.165) is 38.3 Å². The smallest absolute Gasteiger partial charge is 0.339 e. The Kier molecular flexibility index (Phi) is 3.40. The lowest BCUT2D eigenvalue weighted by Crippen LogP contribution is -2.33. The number of carboxylic acids is 1. The molecule has 3 heterocycles. The first-order chi connectivity index (χ1) is 9.70. The average Bonchev–Trinajstić information content (AvgIpc) is 2.91. The first kappa shape index (κ1) is 13.1. The summed E-state index contributed by atoms with van der Waals surface area (Å²) < 4.78 is 1.83. The lowest BCUT2D eigenvalue weighted by Gasteiger charge is -2.30. The van der Waals surface area contributed by atoms with Crippen LogP contribution >= 0.6 is 0 Å². The minimum atomic E-state index is -0.963. The Balaban J connectivity index is 1.94. The molecule has 3 rings (SSSR count). The number of piperidine rings is 1. The molecule has 1 aliphatic rings. The maximum absolute atomic E-state index is 11.2. The fraction of sp³-hybridized carbons (Fsp3) is 0.500. The highest BCUT2D eigenvalue weighted by Crippen LogP contribution is 2.27. The van der Waals surface area contributed by atoms with Crippen LogP contribution in [-0.2, 0) is 0 Å². The van der Waals surface area contributed by atoms with Gasteiger partial charge in [0.1, 0.15) is 11.4 Å². The van der Waals surface area contributed by atoms with E-state index >= 15 is 0 Å². The monoisotopic (exact) mass is 274 g/mol. The molecule has 1 aliphatic heterocycles. The second kappa shape index (κ2) is 5.20. The maximum Gasteiger partial charge on any atom is 0.339 e. The van der Waals surface area contributed by atoms with Gasteiger partial charge in [0, 0.05) is 12.1 Å². The highest BCUT2D eigenvalue weighted by molar-refractivity contribution is 5.94. The summed E-state index contributed by atoms with van der Waals surface area (Å²) in [5.74, 6) is 0.283. The van der Waals surface area contributed by atoms with Crippen molar-refractivity contribution in [2.45, 2.75) is 25.7 Å². The Morgan fingerprint density at radius 2 is 2.15 bits per heavy atom. The Labute approximate surface area is 117 Å². The third kappa shape index (κ3) is 2.16. The van der Waals surface area contributed by atoms with Crippen molar-refractivity contribution >= 4 is 11.6 Å². The van der Waals surface area contributed by atoms with Crippen LogP contribution in [0.5, 0.6) is 0 Å². The third-order valence-electron chi connectivity index (χ3n) is 4.09. The Bertz CT molecular complexity index is 629. The van der Waals surface area contributed by atoms with Crippen LogP contribution in [0.3, 0.4) is 0 Å². The van der Waals surface area contributed by atoms with Gasteiger partial charge in [-0.2, -0.15) is 0 Å². The molecule has 0 radical (unpaired) electrons. The van der Waals surface area contributed by atoms with E-state index in [1.807, 2.05) is 10.6 Å². The van der Waals surface area contributed by atoms with Gasteiger partial charge >= 0.3 is 5.97 Å². The lowest BCUT2D eigenvalue weighted by molar-refractivity contribution is 0.0698. The van der Waals surface area contributed by atoms with Gasteiger partial charge in [-0.3, -0.25) is 4.40 Å². The fourth-order valence-electron chi connectivity index (χ4n) is 2.89. The minimum absolute atomic E-state index is 0.206. The summed E-state index contributed by atoms with van der Waals surface area (Å²) in [6, 6.07) is 3.31. The number of fused-ring (bicyclic) bond motifs is 1. The Morgan fingerprint density at radius 3 is 2.80 bits per heavy atom. The zero-order chi connectivity index (χ0) is 14.1.